The van der Waals surface area contributed by atoms with Crippen LogP contribution < -0.4 is 25.2 Å². The molecule has 1 spiro atoms. The van der Waals surface area contributed by atoms with Crippen LogP contribution in [-0.4, -0.2) is 80.2 Å². The molecule has 0 saturated heterocycles. The van der Waals surface area contributed by atoms with Gasteiger partial charge in [0.25, 0.3) is 5.91 Å². The molecule has 3 aromatic carbocycles. The molecule has 2 N–H and O–H groups in total. The quantitative estimate of drug-likeness (QED) is 0.0729. The minimum atomic E-state index is -0.951. The molecular weight excluding hydrogens is 701 g/mol. The van der Waals surface area contributed by atoms with Gasteiger partial charge in [-0.05, 0) is 103 Å². The molecule has 10 heteroatoms. The van der Waals surface area contributed by atoms with Gasteiger partial charge in [-0.25, -0.2) is 0 Å². The van der Waals surface area contributed by atoms with Gasteiger partial charge in [0.1, 0.15) is 23.1 Å². The Morgan fingerprint density at radius 2 is 1.39 bits per heavy atom. The highest BCUT2D eigenvalue weighted by Gasteiger charge is 2.56. The van der Waals surface area contributed by atoms with Gasteiger partial charge in [0, 0.05) is 97.3 Å². The van der Waals surface area contributed by atoms with E-state index in [4.69, 9.17) is 4.74 Å². The lowest BCUT2D eigenvalue weighted by molar-refractivity contribution is -0.127. The molecule has 2 heterocycles. The van der Waals surface area contributed by atoms with Crippen molar-refractivity contribution in [2.24, 2.45) is 4.99 Å². The zero-order valence-corrected chi connectivity index (χ0v) is 34.5. The van der Waals surface area contributed by atoms with Crippen molar-refractivity contribution in [1.82, 2.24) is 15.5 Å². The Morgan fingerprint density at radius 3 is 1.95 bits per heavy atom. The Kier molecular flexibility index (Phi) is 13.8. The van der Waals surface area contributed by atoms with Crippen LogP contribution in [0.2, 0.25) is 0 Å². The van der Waals surface area contributed by atoms with Crippen LogP contribution in [0.25, 0.3) is 0 Å². The van der Waals surface area contributed by atoms with Crippen LogP contribution in [0.1, 0.15) is 101 Å². The summed E-state index contributed by atoms with van der Waals surface area (Å²) in [5.74, 6) is 0.758. The number of hydrogen-bond acceptors (Lipinski definition) is 7. The summed E-state index contributed by atoms with van der Waals surface area (Å²) in [4.78, 5) is 51.9. The second-order valence-electron chi connectivity index (χ2n) is 14.7. The third-order valence-electron chi connectivity index (χ3n) is 11.1. The summed E-state index contributed by atoms with van der Waals surface area (Å²) >= 11 is 0. The number of rotatable bonds is 19. The van der Waals surface area contributed by atoms with Gasteiger partial charge in [-0.2, -0.15) is 0 Å². The number of benzene rings is 3. The first-order valence-electron chi connectivity index (χ1n) is 20.2. The fourth-order valence-corrected chi connectivity index (χ4v) is 7.87. The maximum Gasteiger partial charge on any atom is 0.255 e. The fourth-order valence-electron chi connectivity index (χ4n) is 7.87. The molecule has 0 bridgehead atoms. The second kappa shape index (κ2) is 18.5. The van der Waals surface area contributed by atoms with E-state index in [1.165, 1.54) is 0 Å². The molecule has 5 rings (SSSR count). The smallest absolute Gasteiger partial charge is 0.255 e. The zero-order valence-electron chi connectivity index (χ0n) is 34.5. The van der Waals surface area contributed by atoms with Gasteiger partial charge in [0.15, 0.2) is 0 Å². The van der Waals surface area contributed by atoms with Gasteiger partial charge in [-0.1, -0.05) is 43.5 Å². The van der Waals surface area contributed by atoms with Crippen LogP contribution in [0.4, 0.5) is 11.4 Å². The molecule has 298 valence electrons. The van der Waals surface area contributed by atoms with Crippen molar-refractivity contribution < 1.29 is 19.1 Å². The Labute approximate surface area is 333 Å². The number of unbranched alkanes of at least 4 members (excludes halogenated alkanes) is 1. The van der Waals surface area contributed by atoms with Crippen molar-refractivity contribution in [3.8, 4) is 11.5 Å². The molecule has 1 atom stereocenters. The van der Waals surface area contributed by atoms with Gasteiger partial charge in [0.05, 0.1) is 0 Å². The number of nitrogens with one attached hydrogen (secondary N) is 2. The molecular formula is C46H60N6O4. The maximum absolute atomic E-state index is 14.6. The predicted octanol–water partition coefficient (Wildman–Crippen LogP) is 8.01. The van der Waals surface area contributed by atoms with E-state index in [-0.39, 0.29) is 17.7 Å². The van der Waals surface area contributed by atoms with E-state index in [1.54, 1.807) is 6.92 Å². The predicted molar refractivity (Wildman–Crippen MR) is 228 cm³/mol. The van der Waals surface area contributed by atoms with Crippen LogP contribution in [0.5, 0.6) is 11.5 Å². The minimum absolute atomic E-state index is 0.0671. The molecule has 0 saturated carbocycles. The number of nitrogens with zero attached hydrogens (tertiary/aromatic N) is 4. The van der Waals surface area contributed by atoms with E-state index < -0.39 is 11.6 Å². The van der Waals surface area contributed by atoms with Crippen molar-refractivity contribution >= 4 is 34.8 Å². The summed E-state index contributed by atoms with van der Waals surface area (Å²) < 4.78 is 6.82. The van der Waals surface area contributed by atoms with Gasteiger partial charge in [0.2, 0.25) is 11.8 Å². The summed E-state index contributed by atoms with van der Waals surface area (Å²) in [5.41, 5.74) is 6.73. The highest BCUT2D eigenvalue weighted by atomic mass is 16.5. The number of allylic oxidation sites excluding steroid dienone is 1. The van der Waals surface area contributed by atoms with Gasteiger partial charge >= 0.3 is 0 Å². The Balaban J connectivity index is 1.45. The number of carbonyl (C=O) groups excluding carboxylic acids is 3. The van der Waals surface area contributed by atoms with Crippen LogP contribution >= 0.6 is 0 Å². The number of amides is 3. The average Bonchev–Trinajstić information content (AvgIpc) is 3.43. The van der Waals surface area contributed by atoms with Crippen LogP contribution in [0.15, 0.2) is 90.0 Å². The molecule has 2 aliphatic rings. The van der Waals surface area contributed by atoms with Crippen molar-refractivity contribution in [2.45, 2.75) is 85.7 Å². The van der Waals surface area contributed by atoms with E-state index >= 15 is 0 Å². The van der Waals surface area contributed by atoms with Gasteiger partial charge in [-0.3, -0.25) is 19.4 Å². The zero-order chi connectivity index (χ0) is 40.6. The lowest BCUT2D eigenvalue weighted by atomic mass is 9.74. The molecule has 56 heavy (non-hydrogen) atoms. The van der Waals surface area contributed by atoms with Crippen LogP contribution in [0, 0.1) is 0 Å². The monoisotopic (exact) mass is 760 g/mol. The molecule has 3 amide bonds. The van der Waals surface area contributed by atoms with Gasteiger partial charge < -0.3 is 30.1 Å². The van der Waals surface area contributed by atoms with E-state index in [0.717, 1.165) is 83.4 Å². The molecule has 0 fully saturated rings. The summed E-state index contributed by atoms with van der Waals surface area (Å²) in [6, 6.07) is 19.9. The normalized spacial score (nSPS) is 14.3. The molecule has 2 aliphatic heterocycles. The van der Waals surface area contributed by atoms with Crippen LogP contribution in [-0.2, 0) is 15.1 Å². The van der Waals surface area contributed by atoms with Crippen molar-refractivity contribution in [3.63, 3.8) is 0 Å². The summed E-state index contributed by atoms with van der Waals surface area (Å²) in [5, 5.41) is 5.92. The second-order valence-corrected chi connectivity index (χ2v) is 14.7. The minimum Gasteiger partial charge on any atom is -0.456 e. The van der Waals surface area contributed by atoms with Crippen molar-refractivity contribution in [1.29, 1.82) is 0 Å². The molecule has 0 aliphatic carbocycles. The first-order valence-corrected chi connectivity index (χ1v) is 20.2. The number of anilines is 2. The summed E-state index contributed by atoms with van der Waals surface area (Å²) in [7, 11) is 0. The number of hydrogen-bond donors (Lipinski definition) is 2. The van der Waals surface area contributed by atoms with E-state index in [0.29, 0.717) is 50.0 Å². The topological polar surface area (TPSA) is 107 Å². The molecule has 0 aromatic heterocycles. The molecule has 1 unspecified atom stereocenters. The van der Waals surface area contributed by atoms with E-state index in [2.05, 4.69) is 109 Å². The average molecular weight is 761 g/mol. The molecule has 3 aromatic rings. The maximum atomic E-state index is 14.6. The third-order valence-corrected chi connectivity index (χ3v) is 11.1. The lowest BCUT2D eigenvalue weighted by Gasteiger charge is -2.45. The lowest BCUT2D eigenvalue weighted by Crippen LogP contribution is -2.49. The van der Waals surface area contributed by atoms with Crippen molar-refractivity contribution in [2.75, 3.05) is 55.6 Å². The number of carbonyl (C=O) groups is 3. The third kappa shape index (κ3) is 8.39. The Bertz CT molecular complexity index is 1920. The van der Waals surface area contributed by atoms with Gasteiger partial charge in [-0.15, -0.1) is 0 Å². The first kappa shape index (κ1) is 41.8. The highest BCUT2D eigenvalue weighted by molar-refractivity contribution is 6.02. The molecule has 0 radical (unpaired) electrons. The van der Waals surface area contributed by atoms with Crippen molar-refractivity contribution in [3.05, 3.63) is 107 Å². The Morgan fingerprint density at radius 1 is 0.804 bits per heavy atom. The van der Waals surface area contributed by atoms with Crippen LogP contribution in [0.3, 0.4) is 0 Å². The Hall–Kier alpha value is -5.38. The SMILES string of the molecule is C=C(C)C(=O)NC(CCCCN=C(C)C(=C)C)C(=O)NCCCN1C(=O)c2ccccc2C12c1ccc(N(CC)CC)cc1Oc1cc(N(CC)CC)ccc12. The molecule has 10 nitrogen and oxygen atoms in total. The summed E-state index contributed by atoms with van der Waals surface area (Å²) in [6.07, 6.45) is 2.44. The summed E-state index contributed by atoms with van der Waals surface area (Å²) in [6.45, 7) is 26.5. The van der Waals surface area contributed by atoms with E-state index in [9.17, 15) is 14.4 Å². The fraction of sp³-hybridized carbons (Fsp3) is 0.435. The van der Waals surface area contributed by atoms with E-state index in [1.807, 2.05) is 36.9 Å². The largest absolute Gasteiger partial charge is 0.456 e. The first-order chi connectivity index (χ1) is 26.9. The highest BCUT2D eigenvalue weighted by Crippen LogP contribution is 2.58. The standard InChI is InChI=1S/C46H60N6O4/c1-10-50(11-2)34-22-24-38-41(29-34)56-42-30-35(51(12-3)13-4)23-25-39(42)46(38)37-20-15-14-19-36(37)45(55)52(46)28-18-27-48-44(54)40(49-43(53)32(7)8)21-16-17-26-47-33(9)31(5)6/h14-15,19-20,22-25,29-30,40H,5,7,10-13,16-18,21,26-28H2,1-4,6,8-9H3,(H,48,54)(H,49,53). The number of aliphatic imine (C=N–C) groups is 1. The number of ether oxygens (including phenoxy) is 1. The number of fused-ring (bicyclic) bond motifs is 6.